The molecule has 2 aromatic rings. The maximum absolute atomic E-state index is 4.99. The van der Waals surface area contributed by atoms with E-state index in [0.29, 0.717) is 11.9 Å². The molecule has 6 heteroatoms. The molecule has 0 aliphatic heterocycles. The lowest BCUT2D eigenvalue weighted by Crippen LogP contribution is -2.18. The summed E-state index contributed by atoms with van der Waals surface area (Å²) in [5.41, 5.74) is 0.778. The van der Waals surface area contributed by atoms with E-state index in [0.717, 1.165) is 23.7 Å². The summed E-state index contributed by atoms with van der Waals surface area (Å²) < 4.78 is 4.99. The minimum absolute atomic E-state index is 0.317. The molecule has 1 N–H and O–H groups in total. The number of hydrogen-bond donors (Lipinski definition) is 1. The molecule has 2 aromatic heterocycles. The Morgan fingerprint density at radius 3 is 2.84 bits per heavy atom. The van der Waals surface area contributed by atoms with Crippen LogP contribution in [0.25, 0.3) is 10.7 Å². The minimum Gasteiger partial charge on any atom is -0.480 e. The number of nitrogens with one attached hydrogen (secondary N) is 1. The zero-order valence-corrected chi connectivity index (χ0v) is 12.2. The van der Waals surface area contributed by atoms with Crippen molar-refractivity contribution in [1.29, 1.82) is 0 Å². The number of methoxy groups -OCH3 is 1. The third-order valence-electron chi connectivity index (χ3n) is 2.72. The Bertz CT molecular complexity index is 512. The molecule has 2 rings (SSSR count). The highest BCUT2D eigenvalue weighted by Gasteiger charge is 2.11. The number of thiazole rings is 1. The van der Waals surface area contributed by atoms with E-state index in [1.807, 2.05) is 12.3 Å². The predicted molar refractivity (Wildman–Crippen MR) is 76.4 cm³/mol. The molecule has 0 spiro atoms. The third-order valence-corrected chi connectivity index (χ3v) is 3.92. The van der Waals surface area contributed by atoms with E-state index in [1.54, 1.807) is 24.5 Å². The van der Waals surface area contributed by atoms with Crippen LogP contribution in [0.3, 0.4) is 0 Å². The van der Waals surface area contributed by atoms with Crippen LogP contribution in [0, 0.1) is 0 Å². The lowest BCUT2D eigenvalue weighted by atomic mass is 10.3. The van der Waals surface area contributed by atoms with Crippen LogP contribution in [0.2, 0.25) is 0 Å². The van der Waals surface area contributed by atoms with E-state index in [4.69, 9.17) is 4.74 Å². The molecule has 19 heavy (non-hydrogen) atoms. The molecule has 0 fully saturated rings. The van der Waals surface area contributed by atoms with Gasteiger partial charge in [-0.15, -0.1) is 21.5 Å². The summed E-state index contributed by atoms with van der Waals surface area (Å²) >= 11 is 1.64. The van der Waals surface area contributed by atoms with E-state index >= 15 is 0 Å². The Labute approximate surface area is 117 Å². The van der Waals surface area contributed by atoms with Crippen molar-refractivity contribution in [2.24, 2.45) is 0 Å². The van der Waals surface area contributed by atoms with Crippen molar-refractivity contribution < 1.29 is 4.74 Å². The minimum atomic E-state index is 0.317. The van der Waals surface area contributed by atoms with Crippen molar-refractivity contribution in [3.8, 4) is 16.6 Å². The molecular formula is C13H18N4OS. The van der Waals surface area contributed by atoms with Crippen molar-refractivity contribution in [2.75, 3.05) is 13.7 Å². The summed E-state index contributed by atoms with van der Waals surface area (Å²) in [6.45, 7) is 5.31. The third kappa shape index (κ3) is 3.48. The average Bonchev–Trinajstić information content (AvgIpc) is 2.94. The Kier molecular flexibility index (Phi) is 4.81. The molecule has 0 aliphatic rings. The lowest BCUT2D eigenvalue weighted by Gasteiger charge is -2.09. The molecule has 5 nitrogen and oxygen atoms in total. The highest BCUT2D eigenvalue weighted by Crippen LogP contribution is 2.27. The van der Waals surface area contributed by atoms with Gasteiger partial charge in [-0.3, -0.25) is 0 Å². The van der Waals surface area contributed by atoms with Crippen molar-refractivity contribution in [1.82, 2.24) is 20.5 Å². The zero-order valence-electron chi connectivity index (χ0n) is 11.4. The first-order chi connectivity index (χ1) is 9.24. The monoisotopic (exact) mass is 278 g/mol. The van der Waals surface area contributed by atoms with Gasteiger partial charge in [-0.25, -0.2) is 4.98 Å². The van der Waals surface area contributed by atoms with Crippen molar-refractivity contribution in [3.05, 3.63) is 23.2 Å². The number of rotatable bonds is 6. The summed E-state index contributed by atoms with van der Waals surface area (Å²) in [6, 6.07) is 3.98. The van der Waals surface area contributed by atoms with Crippen LogP contribution in [-0.4, -0.2) is 28.8 Å². The average molecular weight is 278 g/mol. The highest BCUT2D eigenvalue weighted by molar-refractivity contribution is 7.15. The molecule has 0 saturated carbocycles. The van der Waals surface area contributed by atoms with Gasteiger partial charge in [-0.1, -0.05) is 6.92 Å². The van der Waals surface area contributed by atoms with E-state index in [1.165, 1.54) is 4.88 Å². The number of hydrogen-bond acceptors (Lipinski definition) is 6. The van der Waals surface area contributed by atoms with Crippen LogP contribution in [0.4, 0.5) is 0 Å². The van der Waals surface area contributed by atoms with Gasteiger partial charge in [0.25, 0.3) is 0 Å². The van der Waals surface area contributed by atoms with Gasteiger partial charge in [0.2, 0.25) is 5.88 Å². The van der Waals surface area contributed by atoms with E-state index in [9.17, 15) is 0 Å². The standard InChI is InChI=1S/C13H18N4OS/c1-4-7-14-9(2)11-8-15-13(19-11)10-5-6-12(18-3)17-16-10/h5-6,8-9,14H,4,7H2,1-3H3. The first kappa shape index (κ1) is 13.9. The molecule has 0 saturated heterocycles. The Morgan fingerprint density at radius 2 is 2.21 bits per heavy atom. The first-order valence-electron chi connectivity index (χ1n) is 6.31. The number of nitrogens with zero attached hydrogens (tertiary/aromatic N) is 3. The second kappa shape index (κ2) is 6.58. The second-order valence-electron chi connectivity index (χ2n) is 4.20. The van der Waals surface area contributed by atoms with Gasteiger partial charge in [-0.05, 0) is 26.0 Å². The summed E-state index contributed by atoms with van der Waals surface area (Å²) in [5, 5.41) is 12.4. The van der Waals surface area contributed by atoms with Crippen LogP contribution in [0.5, 0.6) is 5.88 Å². The van der Waals surface area contributed by atoms with Gasteiger partial charge in [0.15, 0.2) is 0 Å². The number of aromatic nitrogens is 3. The van der Waals surface area contributed by atoms with Crippen LogP contribution < -0.4 is 10.1 Å². The van der Waals surface area contributed by atoms with Crippen molar-refractivity contribution in [3.63, 3.8) is 0 Å². The molecule has 0 radical (unpaired) electrons. The molecule has 0 aromatic carbocycles. The van der Waals surface area contributed by atoms with Crippen LogP contribution in [0.15, 0.2) is 18.3 Å². The molecule has 102 valence electrons. The summed E-state index contributed by atoms with van der Waals surface area (Å²) in [7, 11) is 1.58. The normalized spacial score (nSPS) is 12.4. The van der Waals surface area contributed by atoms with Gasteiger partial charge >= 0.3 is 0 Å². The molecule has 0 aliphatic carbocycles. The van der Waals surface area contributed by atoms with Crippen LogP contribution in [-0.2, 0) is 0 Å². The topological polar surface area (TPSA) is 59.9 Å². The maximum atomic E-state index is 4.99. The fourth-order valence-electron chi connectivity index (χ4n) is 1.61. The SMILES string of the molecule is CCCNC(C)c1cnc(-c2ccc(OC)nn2)s1. The fourth-order valence-corrected chi connectivity index (χ4v) is 2.52. The van der Waals surface area contributed by atoms with Crippen molar-refractivity contribution >= 4 is 11.3 Å². The van der Waals surface area contributed by atoms with Gasteiger partial charge in [0, 0.05) is 23.2 Å². The summed E-state index contributed by atoms with van der Waals surface area (Å²) in [5.74, 6) is 0.513. The molecule has 0 amide bonds. The van der Waals surface area contributed by atoms with Crippen molar-refractivity contribution in [2.45, 2.75) is 26.3 Å². The Hall–Kier alpha value is -1.53. The van der Waals surface area contributed by atoms with Gasteiger partial charge in [0.05, 0.1) is 7.11 Å². The van der Waals surface area contributed by atoms with E-state index < -0.39 is 0 Å². The highest BCUT2D eigenvalue weighted by atomic mass is 32.1. The fraction of sp³-hybridized carbons (Fsp3) is 0.462. The predicted octanol–water partition coefficient (Wildman–Crippen LogP) is 2.67. The van der Waals surface area contributed by atoms with Crippen LogP contribution in [0.1, 0.15) is 31.2 Å². The van der Waals surface area contributed by atoms with Gasteiger partial charge in [-0.2, -0.15) is 0 Å². The Balaban J connectivity index is 2.11. The quantitative estimate of drug-likeness (QED) is 0.880. The lowest BCUT2D eigenvalue weighted by molar-refractivity contribution is 0.392. The molecule has 1 atom stereocenters. The smallest absolute Gasteiger partial charge is 0.233 e. The van der Waals surface area contributed by atoms with Gasteiger partial charge in [0.1, 0.15) is 10.7 Å². The van der Waals surface area contributed by atoms with Gasteiger partial charge < -0.3 is 10.1 Å². The Morgan fingerprint density at radius 1 is 1.37 bits per heavy atom. The summed E-state index contributed by atoms with van der Waals surface area (Å²) in [4.78, 5) is 5.62. The summed E-state index contributed by atoms with van der Waals surface area (Å²) in [6.07, 6.45) is 3.03. The largest absolute Gasteiger partial charge is 0.480 e. The van der Waals surface area contributed by atoms with Crippen LogP contribution >= 0.6 is 11.3 Å². The van der Waals surface area contributed by atoms with E-state index in [-0.39, 0.29) is 0 Å². The molecule has 2 heterocycles. The second-order valence-corrected chi connectivity index (χ2v) is 5.27. The zero-order chi connectivity index (χ0) is 13.7. The molecule has 0 bridgehead atoms. The maximum Gasteiger partial charge on any atom is 0.233 e. The molecular weight excluding hydrogens is 260 g/mol. The van der Waals surface area contributed by atoms with E-state index in [2.05, 4.69) is 34.3 Å². The first-order valence-corrected chi connectivity index (χ1v) is 7.13. The number of ether oxygens (including phenoxy) is 1. The molecule has 1 unspecified atom stereocenters.